The fourth-order valence-electron chi connectivity index (χ4n) is 3.61. The second kappa shape index (κ2) is 10.7. The Kier molecular flexibility index (Phi) is 7.64. The molecular weight excluding hydrogens is 510 g/mol. The van der Waals surface area contributed by atoms with Crippen LogP contribution in [0.1, 0.15) is 20.7 Å². The van der Waals surface area contributed by atoms with Crippen molar-refractivity contribution in [1.29, 1.82) is 0 Å². The molecule has 0 aliphatic carbocycles. The lowest BCUT2D eigenvalue weighted by Gasteiger charge is -2.26. The predicted molar refractivity (Wildman–Crippen MR) is 129 cm³/mol. The quantitative estimate of drug-likeness (QED) is 0.435. The second-order valence-corrected chi connectivity index (χ2v) is 10.6. The normalized spacial score (nSPS) is 15.1. The molecule has 1 fully saturated rings. The maximum absolute atomic E-state index is 12.9. The van der Waals surface area contributed by atoms with Crippen molar-refractivity contribution in [2.45, 2.75) is 11.4 Å². The van der Waals surface area contributed by atoms with Crippen molar-refractivity contribution in [1.82, 2.24) is 8.87 Å². The average Bonchev–Trinajstić information content (AvgIpc) is 3.24. The smallest absolute Gasteiger partial charge is 0.337 e. The summed E-state index contributed by atoms with van der Waals surface area (Å²) < 4.78 is 43.8. The highest BCUT2D eigenvalue weighted by atomic mass is 32.2. The summed E-state index contributed by atoms with van der Waals surface area (Å²) in [4.78, 5) is 41.3. The molecule has 1 aromatic heterocycles. The Morgan fingerprint density at radius 1 is 1.00 bits per heavy atom. The largest absolute Gasteiger partial charge is 0.468 e. The van der Waals surface area contributed by atoms with Crippen LogP contribution in [0.15, 0.2) is 52.4 Å². The molecule has 190 valence electrons. The lowest BCUT2D eigenvalue weighted by Crippen LogP contribution is -2.40. The summed E-state index contributed by atoms with van der Waals surface area (Å²) in [6.07, 6.45) is 0. The van der Waals surface area contributed by atoms with Gasteiger partial charge in [0.2, 0.25) is 10.0 Å². The molecule has 0 N–H and O–H groups in total. The molecule has 0 saturated carbocycles. The zero-order chi connectivity index (χ0) is 25.9. The number of ether oxygens (including phenoxy) is 3. The zero-order valence-electron chi connectivity index (χ0n) is 19.5. The molecule has 1 aliphatic rings. The number of carbonyl (C=O) groups excluding carboxylic acids is 3. The first-order chi connectivity index (χ1) is 17.2. The van der Waals surface area contributed by atoms with Gasteiger partial charge in [0.25, 0.3) is 5.91 Å². The van der Waals surface area contributed by atoms with Crippen LogP contribution in [0.4, 0.5) is 0 Å². The maximum atomic E-state index is 12.9. The van der Waals surface area contributed by atoms with E-state index >= 15 is 0 Å². The number of carbonyl (C=O) groups is 3. The van der Waals surface area contributed by atoms with Crippen LogP contribution in [-0.4, -0.2) is 75.7 Å². The van der Waals surface area contributed by atoms with Crippen molar-refractivity contribution in [3.8, 4) is 0 Å². The van der Waals surface area contributed by atoms with E-state index in [1.807, 2.05) is 0 Å². The number of rotatable bonds is 6. The van der Waals surface area contributed by atoms with E-state index < -0.39 is 27.9 Å². The van der Waals surface area contributed by atoms with Gasteiger partial charge in [-0.1, -0.05) is 11.3 Å². The Bertz CT molecular complexity index is 1480. The van der Waals surface area contributed by atoms with Crippen LogP contribution in [0.2, 0.25) is 0 Å². The van der Waals surface area contributed by atoms with E-state index in [2.05, 4.69) is 4.99 Å². The van der Waals surface area contributed by atoms with Crippen molar-refractivity contribution in [2.75, 3.05) is 40.5 Å². The number of thiazole rings is 1. The Morgan fingerprint density at radius 2 is 1.67 bits per heavy atom. The summed E-state index contributed by atoms with van der Waals surface area (Å²) in [6.45, 7) is 0.994. The number of methoxy groups -OCH3 is 2. The van der Waals surface area contributed by atoms with Gasteiger partial charge in [-0.3, -0.25) is 9.59 Å². The minimum Gasteiger partial charge on any atom is -0.468 e. The van der Waals surface area contributed by atoms with Gasteiger partial charge >= 0.3 is 11.9 Å². The molecule has 0 radical (unpaired) electrons. The molecule has 2 aromatic carbocycles. The standard InChI is InChI=1S/C23H23N3O8S2/c1-32-20(27)14-26-18-8-5-16(22(29)33-2)13-19(18)35-23(26)24-21(28)15-3-6-17(7-4-15)36(30,31)25-9-11-34-12-10-25/h3-8,13H,9-12,14H2,1-2H3. The Labute approximate surface area is 210 Å². The molecule has 0 unspecified atom stereocenters. The van der Waals surface area contributed by atoms with Crippen LogP contribution in [0.5, 0.6) is 0 Å². The summed E-state index contributed by atoms with van der Waals surface area (Å²) in [5, 5.41) is 0. The first-order valence-electron chi connectivity index (χ1n) is 10.8. The van der Waals surface area contributed by atoms with Gasteiger partial charge < -0.3 is 18.8 Å². The minimum atomic E-state index is -3.70. The number of hydrogen-bond donors (Lipinski definition) is 0. The van der Waals surface area contributed by atoms with Gasteiger partial charge in [-0.25, -0.2) is 13.2 Å². The van der Waals surface area contributed by atoms with E-state index in [0.29, 0.717) is 29.0 Å². The van der Waals surface area contributed by atoms with Crippen LogP contribution in [-0.2, 0) is 35.6 Å². The van der Waals surface area contributed by atoms with Crippen molar-refractivity contribution < 1.29 is 37.0 Å². The lowest BCUT2D eigenvalue weighted by molar-refractivity contribution is -0.141. The molecule has 2 heterocycles. The Balaban J connectivity index is 1.69. The highest BCUT2D eigenvalue weighted by Crippen LogP contribution is 2.21. The number of sulfonamides is 1. The summed E-state index contributed by atoms with van der Waals surface area (Å²) >= 11 is 1.11. The first kappa shape index (κ1) is 25.7. The average molecular weight is 534 g/mol. The van der Waals surface area contributed by atoms with Crippen molar-refractivity contribution in [3.05, 3.63) is 58.4 Å². The molecule has 1 amide bonds. The predicted octanol–water partition coefficient (Wildman–Crippen LogP) is 1.42. The maximum Gasteiger partial charge on any atom is 0.337 e. The number of esters is 2. The molecular formula is C23H23N3O8S2. The monoisotopic (exact) mass is 533 g/mol. The summed E-state index contributed by atoms with van der Waals surface area (Å²) in [7, 11) is -1.17. The van der Waals surface area contributed by atoms with E-state index in [4.69, 9.17) is 14.2 Å². The summed E-state index contributed by atoms with van der Waals surface area (Å²) in [6, 6.07) is 10.3. The van der Waals surface area contributed by atoms with Gasteiger partial charge in [0.05, 0.1) is 48.1 Å². The number of amides is 1. The second-order valence-electron chi connectivity index (χ2n) is 7.68. The van der Waals surface area contributed by atoms with Crippen LogP contribution < -0.4 is 4.80 Å². The minimum absolute atomic E-state index is 0.0684. The molecule has 0 atom stereocenters. The van der Waals surface area contributed by atoms with Crippen molar-refractivity contribution >= 4 is 49.4 Å². The van der Waals surface area contributed by atoms with Crippen LogP contribution >= 0.6 is 11.3 Å². The zero-order valence-corrected chi connectivity index (χ0v) is 21.1. The van der Waals surface area contributed by atoms with E-state index in [1.165, 1.54) is 47.4 Å². The number of benzene rings is 2. The van der Waals surface area contributed by atoms with E-state index in [0.717, 1.165) is 11.3 Å². The van der Waals surface area contributed by atoms with Crippen LogP contribution in [0, 0.1) is 0 Å². The van der Waals surface area contributed by atoms with E-state index in [1.54, 1.807) is 18.2 Å². The highest BCUT2D eigenvalue weighted by molar-refractivity contribution is 7.89. The van der Waals surface area contributed by atoms with Crippen molar-refractivity contribution in [3.63, 3.8) is 0 Å². The molecule has 3 aromatic rings. The third kappa shape index (κ3) is 5.23. The first-order valence-corrected chi connectivity index (χ1v) is 13.1. The number of hydrogen-bond acceptors (Lipinski definition) is 9. The number of fused-ring (bicyclic) bond motifs is 1. The van der Waals surface area contributed by atoms with Gasteiger partial charge in [0.1, 0.15) is 6.54 Å². The van der Waals surface area contributed by atoms with E-state index in [9.17, 15) is 22.8 Å². The molecule has 36 heavy (non-hydrogen) atoms. The SMILES string of the molecule is COC(=O)Cn1c(=NC(=O)c2ccc(S(=O)(=O)N3CCOCC3)cc2)sc2cc(C(=O)OC)ccc21. The summed E-state index contributed by atoms with van der Waals surface area (Å²) in [5.41, 5.74) is 1.07. The Morgan fingerprint density at radius 3 is 2.31 bits per heavy atom. The number of morpholine rings is 1. The van der Waals surface area contributed by atoms with Crippen LogP contribution in [0.3, 0.4) is 0 Å². The van der Waals surface area contributed by atoms with Crippen LogP contribution in [0.25, 0.3) is 10.2 Å². The lowest BCUT2D eigenvalue weighted by atomic mass is 10.2. The molecule has 1 aliphatic heterocycles. The van der Waals surface area contributed by atoms with E-state index in [-0.39, 0.29) is 34.9 Å². The van der Waals surface area contributed by atoms with Gasteiger partial charge in [0.15, 0.2) is 4.80 Å². The number of aromatic nitrogens is 1. The topological polar surface area (TPSA) is 134 Å². The molecule has 1 saturated heterocycles. The molecule has 0 spiro atoms. The van der Waals surface area contributed by atoms with Gasteiger partial charge in [-0.15, -0.1) is 0 Å². The molecule has 4 rings (SSSR count). The highest BCUT2D eigenvalue weighted by Gasteiger charge is 2.26. The van der Waals surface area contributed by atoms with Gasteiger partial charge in [-0.05, 0) is 42.5 Å². The third-order valence-electron chi connectivity index (χ3n) is 5.53. The molecule has 11 nitrogen and oxygen atoms in total. The Hall–Kier alpha value is -3.39. The third-order valence-corrected chi connectivity index (χ3v) is 8.48. The fraction of sp³-hybridized carbons (Fsp3) is 0.304. The fourth-order valence-corrected chi connectivity index (χ4v) is 6.08. The summed E-state index contributed by atoms with van der Waals surface area (Å²) in [5.74, 6) is -1.69. The van der Waals surface area contributed by atoms with Gasteiger partial charge in [-0.2, -0.15) is 9.30 Å². The van der Waals surface area contributed by atoms with Gasteiger partial charge in [0, 0.05) is 18.7 Å². The number of nitrogens with zero attached hydrogens (tertiary/aromatic N) is 3. The van der Waals surface area contributed by atoms with Crippen molar-refractivity contribution in [2.24, 2.45) is 4.99 Å². The molecule has 0 bridgehead atoms. The molecule has 13 heteroatoms.